The summed E-state index contributed by atoms with van der Waals surface area (Å²) in [5.74, 6) is 0.833. The van der Waals surface area contributed by atoms with Gasteiger partial charge in [-0.25, -0.2) is 4.98 Å². The molecule has 1 fully saturated rings. The monoisotopic (exact) mass is 313 g/mol. The van der Waals surface area contributed by atoms with E-state index in [1.807, 2.05) is 0 Å². The minimum absolute atomic E-state index is 0.0860. The molecule has 4 heterocycles. The van der Waals surface area contributed by atoms with Crippen LogP contribution in [-0.4, -0.2) is 50.5 Å². The zero-order valence-electron chi connectivity index (χ0n) is 12.9. The second-order valence-corrected chi connectivity index (χ2v) is 6.08. The molecule has 0 unspecified atom stereocenters. The lowest BCUT2D eigenvalue weighted by Gasteiger charge is -2.26. The third-order valence-corrected chi connectivity index (χ3v) is 4.55. The molecule has 0 saturated carbocycles. The van der Waals surface area contributed by atoms with Gasteiger partial charge in [-0.2, -0.15) is 0 Å². The van der Waals surface area contributed by atoms with Gasteiger partial charge in [-0.05, 0) is 25.9 Å². The lowest BCUT2D eigenvalue weighted by molar-refractivity contribution is 0.0722. The van der Waals surface area contributed by atoms with E-state index in [2.05, 4.69) is 20.0 Å². The fourth-order valence-corrected chi connectivity index (χ4v) is 3.29. The second-order valence-electron chi connectivity index (χ2n) is 6.08. The summed E-state index contributed by atoms with van der Waals surface area (Å²) in [6.07, 6.45) is 7.82. The topological polar surface area (TPSA) is 75.4 Å². The number of carbonyl (C=O) groups excluding carboxylic acids is 1. The fourth-order valence-electron chi connectivity index (χ4n) is 3.29. The highest BCUT2D eigenvalue weighted by atomic mass is 16.5. The van der Waals surface area contributed by atoms with E-state index < -0.39 is 0 Å². The van der Waals surface area contributed by atoms with Crippen molar-refractivity contribution in [3.8, 4) is 0 Å². The van der Waals surface area contributed by atoms with Crippen molar-refractivity contribution in [2.24, 2.45) is 0 Å². The average Bonchev–Trinajstić information content (AvgIpc) is 3.25. The van der Waals surface area contributed by atoms with Gasteiger partial charge in [0.1, 0.15) is 17.1 Å². The molecule has 23 heavy (non-hydrogen) atoms. The summed E-state index contributed by atoms with van der Waals surface area (Å²) >= 11 is 0. The maximum Gasteiger partial charge on any atom is 0.274 e. The van der Waals surface area contributed by atoms with Crippen LogP contribution in [0.15, 0.2) is 23.1 Å². The first kappa shape index (κ1) is 14.3. The molecule has 0 bridgehead atoms. The highest BCUT2D eigenvalue weighted by Gasteiger charge is 2.29. The molecule has 7 nitrogen and oxygen atoms in total. The maximum absolute atomic E-state index is 12.5. The van der Waals surface area contributed by atoms with Crippen LogP contribution in [0.1, 0.15) is 40.3 Å². The van der Waals surface area contributed by atoms with E-state index in [1.54, 1.807) is 17.3 Å². The van der Waals surface area contributed by atoms with Crippen LogP contribution in [0, 0.1) is 0 Å². The number of rotatable bonds is 3. The van der Waals surface area contributed by atoms with Crippen molar-refractivity contribution < 1.29 is 9.32 Å². The van der Waals surface area contributed by atoms with Gasteiger partial charge in [0.15, 0.2) is 0 Å². The molecule has 2 aromatic rings. The van der Waals surface area contributed by atoms with Crippen LogP contribution in [-0.2, 0) is 19.5 Å². The van der Waals surface area contributed by atoms with E-state index in [0.29, 0.717) is 25.2 Å². The van der Waals surface area contributed by atoms with Gasteiger partial charge in [0.05, 0.1) is 12.7 Å². The minimum Gasteiger partial charge on any atom is -0.361 e. The molecule has 0 spiro atoms. The fraction of sp³-hybridized carbons (Fsp3) is 0.500. The Morgan fingerprint density at radius 2 is 2.09 bits per heavy atom. The first-order valence-corrected chi connectivity index (χ1v) is 8.05. The highest BCUT2D eigenvalue weighted by Crippen LogP contribution is 2.25. The Kier molecular flexibility index (Phi) is 3.78. The molecule has 1 amide bonds. The zero-order valence-corrected chi connectivity index (χ0v) is 12.9. The molecule has 0 atom stereocenters. The van der Waals surface area contributed by atoms with E-state index >= 15 is 0 Å². The number of amides is 1. The number of nitrogens with zero attached hydrogens (tertiary/aromatic N) is 5. The Morgan fingerprint density at radius 3 is 2.87 bits per heavy atom. The van der Waals surface area contributed by atoms with Crippen LogP contribution < -0.4 is 0 Å². The lowest BCUT2D eigenvalue weighted by Crippen LogP contribution is -2.36. The van der Waals surface area contributed by atoms with E-state index in [-0.39, 0.29) is 5.91 Å². The number of likely N-dealkylation sites (tertiary alicyclic amines) is 1. The number of fused-ring (bicyclic) bond motifs is 1. The maximum atomic E-state index is 12.5. The largest absolute Gasteiger partial charge is 0.361 e. The molecule has 0 aliphatic carbocycles. The first-order valence-electron chi connectivity index (χ1n) is 8.05. The third-order valence-electron chi connectivity index (χ3n) is 4.55. The van der Waals surface area contributed by atoms with Crippen molar-refractivity contribution in [1.29, 1.82) is 0 Å². The molecular weight excluding hydrogens is 294 g/mol. The molecule has 1 saturated heterocycles. The Bertz CT molecular complexity index is 694. The average molecular weight is 313 g/mol. The van der Waals surface area contributed by atoms with E-state index in [1.165, 1.54) is 19.0 Å². The predicted octanol–water partition coefficient (Wildman–Crippen LogP) is 1.26. The van der Waals surface area contributed by atoms with Crippen molar-refractivity contribution in [1.82, 2.24) is 24.9 Å². The highest BCUT2D eigenvalue weighted by molar-refractivity contribution is 5.92. The van der Waals surface area contributed by atoms with Crippen LogP contribution in [0.25, 0.3) is 0 Å². The number of hydrogen-bond donors (Lipinski definition) is 0. The van der Waals surface area contributed by atoms with Crippen LogP contribution in [0.2, 0.25) is 0 Å². The van der Waals surface area contributed by atoms with Crippen molar-refractivity contribution in [3.63, 3.8) is 0 Å². The van der Waals surface area contributed by atoms with Crippen molar-refractivity contribution in [2.75, 3.05) is 19.6 Å². The predicted molar refractivity (Wildman–Crippen MR) is 81.5 cm³/mol. The molecule has 2 aliphatic rings. The van der Waals surface area contributed by atoms with Gasteiger partial charge >= 0.3 is 0 Å². The van der Waals surface area contributed by atoms with Crippen LogP contribution in [0.4, 0.5) is 0 Å². The van der Waals surface area contributed by atoms with Crippen molar-refractivity contribution in [2.45, 2.75) is 32.4 Å². The lowest BCUT2D eigenvalue weighted by atomic mass is 10.1. The Labute approximate surface area is 134 Å². The van der Waals surface area contributed by atoms with Crippen LogP contribution in [0.5, 0.6) is 0 Å². The molecule has 2 aromatic heterocycles. The number of aromatic nitrogens is 3. The smallest absolute Gasteiger partial charge is 0.274 e. The van der Waals surface area contributed by atoms with Gasteiger partial charge in [0.2, 0.25) is 0 Å². The summed E-state index contributed by atoms with van der Waals surface area (Å²) in [4.78, 5) is 24.8. The van der Waals surface area contributed by atoms with Crippen LogP contribution in [0.3, 0.4) is 0 Å². The molecule has 7 heteroatoms. The van der Waals surface area contributed by atoms with Gasteiger partial charge in [0, 0.05) is 37.5 Å². The summed E-state index contributed by atoms with van der Waals surface area (Å²) in [6, 6.07) is 0. The third kappa shape index (κ3) is 2.84. The van der Waals surface area contributed by atoms with Gasteiger partial charge in [0.25, 0.3) is 5.91 Å². The van der Waals surface area contributed by atoms with Crippen molar-refractivity contribution in [3.05, 3.63) is 41.3 Å². The molecule has 4 rings (SSSR count). The summed E-state index contributed by atoms with van der Waals surface area (Å²) in [7, 11) is 0. The molecule has 0 radical (unpaired) electrons. The summed E-state index contributed by atoms with van der Waals surface area (Å²) < 4.78 is 5.49. The Hall–Kier alpha value is -2.28. The normalized spacial score (nSPS) is 18.2. The van der Waals surface area contributed by atoms with Gasteiger partial charge in [-0.3, -0.25) is 14.7 Å². The van der Waals surface area contributed by atoms with E-state index in [0.717, 1.165) is 36.7 Å². The van der Waals surface area contributed by atoms with Crippen molar-refractivity contribution >= 4 is 5.91 Å². The number of hydrogen-bond acceptors (Lipinski definition) is 6. The van der Waals surface area contributed by atoms with Gasteiger partial charge in [-0.1, -0.05) is 5.16 Å². The molecular formula is C16H19N5O2. The number of carbonyl (C=O) groups is 1. The summed E-state index contributed by atoms with van der Waals surface area (Å²) in [6.45, 7) is 4.21. The summed E-state index contributed by atoms with van der Waals surface area (Å²) in [5, 5.41) is 4.25. The van der Waals surface area contributed by atoms with Gasteiger partial charge in [-0.15, -0.1) is 0 Å². The van der Waals surface area contributed by atoms with Gasteiger partial charge < -0.3 is 9.42 Å². The second kappa shape index (κ2) is 6.08. The van der Waals surface area contributed by atoms with E-state index in [4.69, 9.17) is 4.52 Å². The Morgan fingerprint density at radius 1 is 1.22 bits per heavy atom. The standard InChI is InChI=1S/C16H19N5O2/c22-16(13-9-17-4-5-18-13)21-8-3-15-12(10-21)14(19-23-15)11-20-6-1-2-7-20/h4-5,9H,1-3,6-8,10-11H2. The zero-order chi connectivity index (χ0) is 15.6. The van der Waals surface area contributed by atoms with E-state index in [9.17, 15) is 4.79 Å². The SMILES string of the molecule is O=C(c1cnccn1)N1CCc2onc(CN3CCCC3)c2C1. The molecule has 2 aliphatic heterocycles. The summed E-state index contributed by atoms with van der Waals surface area (Å²) in [5.41, 5.74) is 2.42. The van der Waals surface area contributed by atoms with Crippen LogP contribution >= 0.6 is 0 Å². The molecule has 120 valence electrons. The Balaban J connectivity index is 1.51. The molecule has 0 aromatic carbocycles. The molecule has 0 N–H and O–H groups in total. The first-order chi connectivity index (χ1) is 11.3. The quantitative estimate of drug-likeness (QED) is 0.849. The minimum atomic E-state index is -0.0860.